The number of hydrogen-bond acceptors (Lipinski definition) is 7. The minimum Gasteiger partial charge on any atom is -0.457 e. The average molecular weight is 593 g/mol. The van der Waals surface area contributed by atoms with Gasteiger partial charge in [0.1, 0.15) is 34.5 Å². The van der Waals surface area contributed by atoms with Crippen molar-refractivity contribution < 1.29 is 14.3 Å². The van der Waals surface area contributed by atoms with E-state index in [2.05, 4.69) is 18.0 Å². The van der Waals surface area contributed by atoms with E-state index in [1.165, 1.54) is 0 Å². The van der Waals surface area contributed by atoms with Gasteiger partial charge in [-0.25, -0.2) is 9.78 Å². The van der Waals surface area contributed by atoms with E-state index in [4.69, 9.17) is 15.2 Å². The fraction of sp³-hybridized carbons (Fsp3) is 0.353. The number of amides is 1. The van der Waals surface area contributed by atoms with Gasteiger partial charge in [-0.05, 0) is 80.0 Å². The van der Waals surface area contributed by atoms with Gasteiger partial charge in [0.2, 0.25) is 0 Å². The Balaban J connectivity index is 1.31. The predicted octanol–water partition coefficient (Wildman–Crippen LogP) is 5.38. The van der Waals surface area contributed by atoms with E-state index in [0.717, 1.165) is 19.3 Å². The van der Waals surface area contributed by atoms with Gasteiger partial charge >= 0.3 is 5.69 Å². The number of hydrogen-bond donors (Lipinski definition) is 1. The van der Waals surface area contributed by atoms with E-state index < -0.39 is 0 Å². The molecule has 0 spiro atoms. The fourth-order valence-electron chi connectivity index (χ4n) is 6.42. The Morgan fingerprint density at radius 3 is 2.57 bits per heavy atom. The molecule has 2 aliphatic heterocycles. The lowest BCUT2D eigenvalue weighted by molar-refractivity contribution is -0.128. The van der Waals surface area contributed by atoms with E-state index >= 15 is 0 Å². The standard InChI is InChI=1S/C34H36N6O4/c1-2-34(15-19-43-20-16-34)21-24(22-35)32(41)38-18-6-7-26(23-38)39-29-14-17-37-31(36)30(29)40(33(39)42)25-10-12-28(13-11-25)44-27-8-4-3-5-9-27/h3-5,8-14,17,21,26H,2,6-7,15-16,18-20,23H2,1H3,(H2,36,37). The molecule has 4 aromatic rings. The number of pyridine rings is 1. The van der Waals surface area contributed by atoms with Crippen molar-refractivity contribution in [3.8, 4) is 23.3 Å². The van der Waals surface area contributed by atoms with E-state index in [-0.39, 0.29) is 34.4 Å². The summed E-state index contributed by atoms with van der Waals surface area (Å²) in [5.74, 6) is 1.30. The van der Waals surface area contributed by atoms with Crippen LogP contribution in [0, 0.1) is 16.7 Å². The number of imidazole rings is 1. The Hall–Kier alpha value is -4.88. The first-order chi connectivity index (χ1) is 21.4. The van der Waals surface area contributed by atoms with Gasteiger partial charge in [-0.1, -0.05) is 31.2 Å². The number of anilines is 1. The molecular weight excluding hydrogens is 556 g/mol. The fourth-order valence-corrected chi connectivity index (χ4v) is 6.42. The number of carbonyl (C=O) groups is 1. The number of nitrogens with two attached hydrogens (primary N) is 1. The molecule has 2 saturated heterocycles. The number of piperidine rings is 1. The second kappa shape index (κ2) is 12.4. The molecule has 4 heterocycles. The topological polar surface area (TPSA) is 128 Å². The molecule has 2 aromatic carbocycles. The first-order valence-electron chi connectivity index (χ1n) is 15.1. The van der Waals surface area contributed by atoms with Crippen molar-refractivity contribution in [2.75, 3.05) is 32.0 Å². The Kier molecular flexibility index (Phi) is 8.22. The molecule has 44 heavy (non-hydrogen) atoms. The molecular formula is C34H36N6O4. The summed E-state index contributed by atoms with van der Waals surface area (Å²) < 4.78 is 14.8. The van der Waals surface area contributed by atoms with Gasteiger partial charge in [0.25, 0.3) is 5.91 Å². The van der Waals surface area contributed by atoms with Crippen LogP contribution in [0.4, 0.5) is 5.82 Å². The van der Waals surface area contributed by atoms with Gasteiger partial charge in [-0.2, -0.15) is 5.26 Å². The van der Waals surface area contributed by atoms with E-state index in [9.17, 15) is 14.9 Å². The van der Waals surface area contributed by atoms with Crippen molar-refractivity contribution in [1.82, 2.24) is 19.0 Å². The lowest BCUT2D eigenvalue weighted by Crippen LogP contribution is -2.43. The van der Waals surface area contributed by atoms with Crippen LogP contribution in [0.3, 0.4) is 0 Å². The maximum Gasteiger partial charge on any atom is 0.334 e. The van der Waals surface area contributed by atoms with Crippen molar-refractivity contribution in [3.63, 3.8) is 0 Å². The Morgan fingerprint density at radius 1 is 1.14 bits per heavy atom. The normalized spacial score (nSPS) is 18.6. The van der Waals surface area contributed by atoms with Crippen molar-refractivity contribution in [2.45, 2.75) is 45.1 Å². The Morgan fingerprint density at radius 2 is 1.86 bits per heavy atom. The monoisotopic (exact) mass is 592 g/mol. The summed E-state index contributed by atoms with van der Waals surface area (Å²) in [6.07, 6.45) is 7.28. The van der Waals surface area contributed by atoms with Crippen molar-refractivity contribution in [2.24, 2.45) is 5.41 Å². The first kappa shape index (κ1) is 29.2. The number of nitrogen functional groups attached to an aromatic ring is 1. The van der Waals surface area contributed by atoms with Crippen LogP contribution in [0.25, 0.3) is 16.7 Å². The average Bonchev–Trinajstić information content (AvgIpc) is 3.37. The van der Waals surface area contributed by atoms with Crippen molar-refractivity contribution in [1.29, 1.82) is 5.26 Å². The molecule has 2 fully saturated rings. The molecule has 0 bridgehead atoms. The highest BCUT2D eigenvalue weighted by molar-refractivity contribution is 5.97. The van der Waals surface area contributed by atoms with Crippen LogP contribution in [0.5, 0.6) is 11.5 Å². The highest BCUT2D eigenvalue weighted by atomic mass is 16.5. The quantitative estimate of drug-likeness (QED) is 0.225. The lowest BCUT2D eigenvalue weighted by Gasteiger charge is -2.35. The zero-order valence-electron chi connectivity index (χ0n) is 24.8. The zero-order chi connectivity index (χ0) is 30.7. The van der Waals surface area contributed by atoms with Gasteiger partial charge in [0, 0.05) is 32.5 Å². The second-order valence-electron chi connectivity index (χ2n) is 11.5. The van der Waals surface area contributed by atoms with Crippen LogP contribution in [-0.4, -0.2) is 51.2 Å². The predicted molar refractivity (Wildman–Crippen MR) is 168 cm³/mol. The SMILES string of the molecule is CCC1(C=C(C#N)C(=O)N2CCCC(n3c(=O)n(-c4ccc(Oc5ccccc5)cc4)c4c(N)nccc43)C2)CCOCC1. The molecule has 2 N–H and O–H groups in total. The number of rotatable bonds is 7. The third-order valence-corrected chi connectivity index (χ3v) is 8.93. The maximum absolute atomic E-state index is 14.2. The largest absolute Gasteiger partial charge is 0.457 e. The molecule has 10 heteroatoms. The van der Waals surface area contributed by atoms with Gasteiger partial charge in [-0.15, -0.1) is 0 Å². The smallest absolute Gasteiger partial charge is 0.334 e. The van der Waals surface area contributed by atoms with Crippen LogP contribution in [0.2, 0.25) is 0 Å². The number of carbonyl (C=O) groups excluding carboxylic acids is 1. The zero-order valence-corrected chi connectivity index (χ0v) is 24.8. The third-order valence-electron chi connectivity index (χ3n) is 8.93. The molecule has 2 aromatic heterocycles. The second-order valence-corrected chi connectivity index (χ2v) is 11.5. The number of benzene rings is 2. The van der Waals surface area contributed by atoms with Crippen LogP contribution in [-0.2, 0) is 9.53 Å². The van der Waals surface area contributed by atoms with Gasteiger partial charge < -0.3 is 20.1 Å². The van der Waals surface area contributed by atoms with E-state index in [0.29, 0.717) is 67.4 Å². The van der Waals surface area contributed by atoms with Gasteiger partial charge in [0.15, 0.2) is 0 Å². The van der Waals surface area contributed by atoms with Gasteiger partial charge in [-0.3, -0.25) is 13.9 Å². The number of aromatic nitrogens is 3. The van der Waals surface area contributed by atoms with Crippen molar-refractivity contribution >= 4 is 22.8 Å². The van der Waals surface area contributed by atoms with Crippen LogP contribution in [0.1, 0.15) is 45.1 Å². The maximum atomic E-state index is 14.2. The molecule has 0 radical (unpaired) electrons. The summed E-state index contributed by atoms with van der Waals surface area (Å²) in [5.41, 5.74) is 7.83. The molecule has 1 amide bonds. The molecule has 0 aliphatic carbocycles. The lowest BCUT2D eigenvalue weighted by atomic mass is 9.76. The molecule has 226 valence electrons. The van der Waals surface area contributed by atoms with Gasteiger partial charge in [0.05, 0.1) is 17.2 Å². The highest BCUT2D eigenvalue weighted by Crippen LogP contribution is 2.37. The van der Waals surface area contributed by atoms with Crippen molar-refractivity contribution in [3.05, 3.63) is 89.0 Å². The Labute approximate surface area is 255 Å². The number of allylic oxidation sites excluding steroid dienone is 1. The summed E-state index contributed by atoms with van der Waals surface area (Å²) in [6, 6.07) is 20.4. The number of ether oxygens (including phenoxy) is 2. The molecule has 0 saturated carbocycles. The number of fused-ring (bicyclic) bond motifs is 1. The number of likely N-dealkylation sites (tertiary alicyclic amines) is 1. The van der Waals surface area contributed by atoms with Crippen LogP contribution < -0.4 is 16.2 Å². The first-order valence-corrected chi connectivity index (χ1v) is 15.1. The number of nitriles is 1. The third kappa shape index (κ3) is 5.58. The van der Waals surface area contributed by atoms with Crippen LogP contribution in [0.15, 0.2) is 83.3 Å². The van der Waals surface area contributed by atoms with Crippen LogP contribution >= 0.6 is 0 Å². The highest BCUT2D eigenvalue weighted by Gasteiger charge is 2.34. The molecule has 2 aliphatic rings. The molecule has 10 nitrogen and oxygen atoms in total. The van der Waals surface area contributed by atoms with E-state index in [1.807, 2.05) is 60.7 Å². The molecule has 6 rings (SSSR count). The minimum absolute atomic E-state index is 0.162. The molecule has 1 atom stereocenters. The minimum atomic E-state index is -0.297. The molecule has 1 unspecified atom stereocenters. The summed E-state index contributed by atoms with van der Waals surface area (Å²) in [5, 5.41) is 10.0. The number of nitrogens with zero attached hydrogens (tertiary/aromatic N) is 5. The Bertz CT molecular complexity index is 1780. The number of para-hydroxylation sites is 1. The van der Waals surface area contributed by atoms with E-state index in [1.54, 1.807) is 26.3 Å². The summed E-state index contributed by atoms with van der Waals surface area (Å²) >= 11 is 0. The summed E-state index contributed by atoms with van der Waals surface area (Å²) in [7, 11) is 0. The summed E-state index contributed by atoms with van der Waals surface area (Å²) in [6.45, 7) is 4.17. The summed E-state index contributed by atoms with van der Waals surface area (Å²) in [4.78, 5) is 33.8.